The fourth-order valence-electron chi connectivity index (χ4n) is 3.28. The minimum Gasteiger partial charge on any atom is -0.350 e. The molecule has 168 valence electrons. The van der Waals surface area contributed by atoms with E-state index in [1.165, 1.54) is 40.0 Å². The maximum Gasteiger partial charge on any atom is 0.269 e. The van der Waals surface area contributed by atoms with Crippen LogP contribution >= 0.6 is 23.2 Å². The Kier molecular flexibility index (Phi) is 6.38. The predicted molar refractivity (Wildman–Crippen MR) is 123 cm³/mol. The molecule has 0 atom stereocenters. The predicted octanol–water partition coefficient (Wildman–Crippen LogP) is 3.29. The van der Waals surface area contributed by atoms with Gasteiger partial charge in [-0.25, -0.2) is 9.67 Å². The molecule has 0 bridgehead atoms. The Morgan fingerprint density at radius 2 is 2.00 bits per heavy atom. The van der Waals surface area contributed by atoms with Crippen molar-refractivity contribution < 1.29 is 9.72 Å². The minimum atomic E-state index is -0.489. The molecule has 0 unspecified atom stereocenters. The van der Waals surface area contributed by atoms with Gasteiger partial charge in [-0.15, -0.1) is 0 Å². The molecular weight excluding hydrogens is 471 g/mol. The summed E-state index contributed by atoms with van der Waals surface area (Å²) in [5.74, 6) is -0.383. The number of nitrogens with zero attached hydrogens (tertiary/aromatic N) is 5. The Balaban J connectivity index is 1.47. The number of aromatic nitrogens is 4. The van der Waals surface area contributed by atoms with Crippen LogP contribution in [-0.4, -0.2) is 36.7 Å². The van der Waals surface area contributed by atoms with Gasteiger partial charge in [0.05, 0.1) is 34.8 Å². The number of benzene rings is 2. The Morgan fingerprint density at radius 1 is 1.18 bits per heavy atom. The van der Waals surface area contributed by atoms with Crippen molar-refractivity contribution in [3.8, 4) is 0 Å². The molecule has 0 aliphatic carbocycles. The number of halogens is 2. The molecular formula is C21H16Cl2N6O4. The van der Waals surface area contributed by atoms with Gasteiger partial charge in [0.2, 0.25) is 0 Å². The van der Waals surface area contributed by atoms with Gasteiger partial charge in [0, 0.05) is 23.7 Å². The van der Waals surface area contributed by atoms with Crippen LogP contribution in [0.25, 0.3) is 11.0 Å². The second-order valence-corrected chi connectivity index (χ2v) is 7.93. The number of rotatable bonds is 7. The normalized spacial score (nSPS) is 11.0. The number of nitro groups is 1. The first-order valence-corrected chi connectivity index (χ1v) is 10.5. The van der Waals surface area contributed by atoms with Gasteiger partial charge in [-0.1, -0.05) is 35.3 Å². The summed E-state index contributed by atoms with van der Waals surface area (Å²) in [5.41, 5.74) is 0.847. The summed E-state index contributed by atoms with van der Waals surface area (Å²) in [5, 5.41) is 18.9. The largest absolute Gasteiger partial charge is 0.350 e. The van der Waals surface area contributed by atoms with Gasteiger partial charge < -0.3 is 5.32 Å². The summed E-state index contributed by atoms with van der Waals surface area (Å²) in [6.45, 7) is 0.622. The van der Waals surface area contributed by atoms with Crippen molar-refractivity contribution in [3.05, 3.63) is 96.6 Å². The third-order valence-corrected chi connectivity index (χ3v) is 5.44. The fraction of sp³-hybridized carbons (Fsp3) is 0.143. The summed E-state index contributed by atoms with van der Waals surface area (Å²) < 4.78 is 2.87. The standard InChI is InChI=1S/C21H16Cl2N6O4/c22-14-4-5-18(23)16(9-14)20(30)24-6-7-28-19-17(10-26-28)21(31)27(12-25-19)11-13-2-1-3-15(8-13)29(32)33/h1-5,8-10,12H,6-7,11H2,(H,24,30). The molecule has 0 aliphatic heterocycles. The van der Waals surface area contributed by atoms with E-state index in [1.54, 1.807) is 24.3 Å². The molecule has 0 radical (unpaired) electrons. The molecule has 0 saturated heterocycles. The number of non-ortho nitro benzene ring substituents is 1. The van der Waals surface area contributed by atoms with E-state index < -0.39 is 4.92 Å². The number of nitrogens with one attached hydrogen (secondary N) is 1. The summed E-state index contributed by atoms with van der Waals surface area (Å²) in [7, 11) is 0. The van der Waals surface area contributed by atoms with Gasteiger partial charge in [-0.05, 0) is 23.8 Å². The maximum absolute atomic E-state index is 12.8. The first-order valence-electron chi connectivity index (χ1n) is 9.71. The molecule has 2 heterocycles. The van der Waals surface area contributed by atoms with E-state index in [4.69, 9.17) is 23.2 Å². The van der Waals surface area contributed by atoms with E-state index >= 15 is 0 Å². The van der Waals surface area contributed by atoms with E-state index in [-0.39, 0.29) is 47.4 Å². The van der Waals surface area contributed by atoms with Crippen LogP contribution in [0.1, 0.15) is 15.9 Å². The van der Waals surface area contributed by atoms with Crippen LogP contribution in [0.15, 0.2) is 59.8 Å². The summed E-state index contributed by atoms with van der Waals surface area (Å²) in [6, 6.07) is 10.7. The highest BCUT2D eigenvalue weighted by Crippen LogP contribution is 2.20. The van der Waals surface area contributed by atoms with E-state index in [0.717, 1.165) is 0 Å². The van der Waals surface area contributed by atoms with Gasteiger partial charge in [0.15, 0.2) is 5.65 Å². The molecule has 2 aromatic heterocycles. The fourth-order valence-corrected chi connectivity index (χ4v) is 3.66. The molecule has 0 saturated carbocycles. The van der Waals surface area contributed by atoms with E-state index in [0.29, 0.717) is 21.6 Å². The van der Waals surface area contributed by atoms with Gasteiger partial charge in [-0.2, -0.15) is 5.10 Å². The number of carbonyl (C=O) groups is 1. The lowest BCUT2D eigenvalue weighted by molar-refractivity contribution is -0.384. The Bertz CT molecular complexity index is 1430. The first kappa shape index (κ1) is 22.4. The van der Waals surface area contributed by atoms with Crippen LogP contribution in [-0.2, 0) is 13.1 Å². The van der Waals surface area contributed by atoms with Crippen molar-refractivity contribution in [1.29, 1.82) is 0 Å². The minimum absolute atomic E-state index is 0.0523. The molecule has 1 amide bonds. The zero-order valence-electron chi connectivity index (χ0n) is 16.9. The van der Waals surface area contributed by atoms with Gasteiger partial charge in [0.25, 0.3) is 17.2 Å². The average Bonchev–Trinajstić information content (AvgIpc) is 3.21. The molecule has 0 fully saturated rings. The zero-order chi connectivity index (χ0) is 23.5. The Morgan fingerprint density at radius 3 is 2.79 bits per heavy atom. The van der Waals surface area contributed by atoms with Crippen molar-refractivity contribution in [2.45, 2.75) is 13.1 Å². The van der Waals surface area contributed by atoms with Crippen molar-refractivity contribution in [3.63, 3.8) is 0 Å². The SMILES string of the molecule is O=C(NCCn1ncc2c(=O)n(Cc3cccc([N+](=O)[O-])c3)cnc21)c1cc(Cl)ccc1Cl. The van der Waals surface area contributed by atoms with Gasteiger partial charge >= 0.3 is 0 Å². The van der Waals surface area contributed by atoms with Crippen LogP contribution in [0.3, 0.4) is 0 Å². The molecule has 33 heavy (non-hydrogen) atoms. The second-order valence-electron chi connectivity index (χ2n) is 7.09. The molecule has 0 spiro atoms. The highest BCUT2D eigenvalue weighted by atomic mass is 35.5. The Labute approximate surface area is 196 Å². The first-order chi connectivity index (χ1) is 15.8. The highest BCUT2D eigenvalue weighted by molar-refractivity contribution is 6.35. The van der Waals surface area contributed by atoms with Crippen LogP contribution in [0, 0.1) is 10.1 Å². The molecule has 4 aromatic rings. The number of hydrogen-bond donors (Lipinski definition) is 1. The molecule has 4 rings (SSSR count). The second kappa shape index (κ2) is 9.39. The van der Waals surface area contributed by atoms with E-state index in [9.17, 15) is 19.7 Å². The molecule has 12 heteroatoms. The van der Waals surface area contributed by atoms with Crippen LogP contribution < -0.4 is 10.9 Å². The smallest absolute Gasteiger partial charge is 0.269 e. The molecule has 2 aromatic carbocycles. The highest BCUT2D eigenvalue weighted by Gasteiger charge is 2.14. The number of nitro benzene ring substituents is 1. The van der Waals surface area contributed by atoms with E-state index in [2.05, 4.69) is 15.4 Å². The maximum atomic E-state index is 12.8. The third-order valence-electron chi connectivity index (χ3n) is 4.88. The lowest BCUT2D eigenvalue weighted by Gasteiger charge is -2.08. The number of hydrogen-bond acceptors (Lipinski definition) is 6. The van der Waals surface area contributed by atoms with Crippen molar-refractivity contribution in [2.24, 2.45) is 0 Å². The van der Waals surface area contributed by atoms with Crippen LogP contribution in [0.5, 0.6) is 0 Å². The van der Waals surface area contributed by atoms with Crippen LogP contribution in [0.4, 0.5) is 5.69 Å². The van der Waals surface area contributed by atoms with E-state index in [1.807, 2.05) is 0 Å². The van der Waals surface area contributed by atoms with Crippen molar-refractivity contribution in [1.82, 2.24) is 24.6 Å². The lowest BCUT2D eigenvalue weighted by Crippen LogP contribution is -2.28. The summed E-state index contributed by atoms with van der Waals surface area (Å²) >= 11 is 12.0. The number of amides is 1. The topological polar surface area (TPSA) is 125 Å². The van der Waals surface area contributed by atoms with Gasteiger partial charge in [0.1, 0.15) is 11.7 Å². The zero-order valence-corrected chi connectivity index (χ0v) is 18.5. The van der Waals surface area contributed by atoms with Crippen LogP contribution in [0.2, 0.25) is 10.0 Å². The monoisotopic (exact) mass is 486 g/mol. The van der Waals surface area contributed by atoms with Gasteiger partial charge in [-0.3, -0.25) is 24.3 Å². The number of carbonyl (C=O) groups excluding carboxylic acids is 1. The molecule has 1 N–H and O–H groups in total. The molecule has 10 nitrogen and oxygen atoms in total. The average molecular weight is 487 g/mol. The van der Waals surface area contributed by atoms with Crippen molar-refractivity contribution >= 4 is 45.8 Å². The Hall–Kier alpha value is -3.76. The number of fused-ring (bicyclic) bond motifs is 1. The lowest BCUT2D eigenvalue weighted by atomic mass is 10.2. The summed E-state index contributed by atoms with van der Waals surface area (Å²) in [4.78, 5) is 40.0. The summed E-state index contributed by atoms with van der Waals surface area (Å²) in [6.07, 6.45) is 2.77. The quantitative estimate of drug-likeness (QED) is 0.315. The van der Waals surface area contributed by atoms with Crippen molar-refractivity contribution in [2.75, 3.05) is 6.54 Å². The molecule has 0 aliphatic rings. The third kappa shape index (κ3) is 4.86.